The van der Waals surface area contributed by atoms with Crippen molar-refractivity contribution in [3.05, 3.63) is 30.7 Å². The van der Waals surface area contributed by atoms with Crippen LogP contribution in [0.25, 0.3) is 11.3 Å². The van der Waals surface area contributed by atoms with Crippen molar-refractivity contribution in [2.24, 2.45) is 5.92 Å². The third-order valence-electron chi connectivity index (χ3n) is 5.86. The molecule has 0 saturated heterocycles. The monoisotopic (exact) mass is 425 g/mol. The first-order valence-corrected chi connectivity index (χ1v) is 12.4. The normalized spacial score (nSPS) is 13.3. The molecule has 0 aliphatic heterocycles. The molecule has 2 aromatic rings. The molecule has 0 N–H and O–H groups in total. The van der Waals surface area contributed by atoms with Crippen LogP contribution in [0.5, 0.6) is 11.8 Å². The van der Waals surface area contributed by atoms with Crippen LogP contribution in [0.2, 0.25) is 0 Å². The van der Waals surface area contributed by atoms with Gasteiger partial charge in [0.25, 0.3) is 0 Å². The molecule has 3 rings (SSSR count). The van der Waals surface area contributed by atoms with Gasteiger partial charge in [0.15, 0.2) is 0 Å². The van der Waals surface area contributed by atoms with E-state index in [1.807, 2.05) is 12.1 Å². The molecule has 1 aliphatic carbocycles. The predicted molar refractivity (Wildman–Crippen MR) is 125 cm³/mol. The molecule has 0 radical (unpaired) electrons. The summed E-state index contributed by atoms with van der Waals surface area (Å²) in [6.07, 6.45) is 22.1. The molecule has 1 aliphatic rings. The smallest absolute Gasteiger partial charge is 0.232 e. The zero-order chi connectivity index (χ0) is 21.6. The molecular formula is C26H39N3O2. The van der Waals surface area contributed by atoms with Crippen molar-refractivity contribution in [1.29, 1.82) is 0 Å². The van der Waals surface area contributed by atoms with Crippen LogP contribution in [-0.4, -0.2) is 28.2 Å². The molecule has 0 spiro atoms. The summed E-state index contributed by atoms with van der Waals surface area (Å²) in [7, 11) is 0. The highest BCUT2D eigenvalue weighted by Crippen LogP contribution is 2.34. The molecule has 1 saturated carbocycles. The van der Waals surface area contributed by atoms with Gasteiger partial charge in [-0.3, -0.25) is 0 Å². The van der Waals surface area contributed by atoms with Crippen LogP contribution in [0.4, 0.5) is 0 Å². The zero-order valence-electron chi connectivity index (χ0n) is 19.2. The van der Waals surface area contributed by atoms with Crippen molar-refractivity contribution in [2.45, 2.75) is 90.4 Å². The maximum Gasteiger partial charge on any atom is 0.232 e. The topological polar surface area (TPSA) is 57.1 Å². The summed E-state index contributed by atoms with van der Waals surface area (Å²) in [4.78, 5) is 13.3. The molecule has 31 heavy (non-hydrogen) atoms. The van der Waals surface area contributed by atoms with Crippen LogP contribution >= 0.6 is 0 Å². The highest BCUT2D eigenvalue weighted by Gasteiger charge is 2.19. The Morgan fingerprint density at radius 2 is 1.39 bits per heavy atom. The number of ether oxygens (including phenoxy) is 2. The van der Waals surface area contributed by atoms with E-state index in [9.17, 15) is 0 Å². The lowest BCUT2D eigenvalue weighted by atomic mass is 10.1. The summed E-state index contributed by atoms with van der Waals surface area (Å²) in [5, 5.41) is 0. The lowest BCUT2D eigenvalue weighted by molar-refractivity contribution is 0.292. The molecule has 0 aromatic carbocycles. The highest BCUT2D eigenvalue weighted by atomic mass is 16.5. The van der Waals surface area contributed by atoms with Crippen LogP contribution in [-0.2, 0) is 0 Å². The maximum absolute atomic E-state index is 5.75. The van der Waals surface area contributed by atoms with Crippen molar-refractivity contribution >= 4 is 0 Å². The molecule has 2 heterocycles. The van der Waals surface area contributed by atoms with Gasteiger partial charge in [-0.05, 0) is 24.8 Å². The fourth-order valence-electron chi connectivity index (χ4n) is 3.69. The Morgan fingerprint density at radius 3 is 2.03 bits per heavy atom. The number of rotatable bonds is 17. The number of hydrogen-bond donors (Lipinski definition) is 0. The molecule has 1 fully saturated rings. The van der Waals surface area contributed by atoms with Crippen molar-refractivity contribution in [3.8, 4) is 23.0 Å². The van der Waals surface area contributed by atoms with Crippen LogP contribution in [0.15, 0.2) is 30.7 Å². The molecule has 0 bridgehead atoms. The van der Waals surface area contributed by atoms with E-state index in [1.165, 1.54) is 70.6 Å². The number of unbranched alkanes of at least 4 members (excludes halogenated alkanes) is 8. The predicted octanol–water partition coefficient (Wildman–Crippen LogP) is 7.02. The first-order chi connectivity index (χ1) is 15.3. The Hall–Kier alpha value is -2.17. The average molecular weight is 426 g/mol. The fourth-order valence-corrected chi connectivity index (χ4v) is 3.69. The Balaban J connectivity index is 1.29. The van der Waals surface area contributed by atoms with E-state index in [0.717, 1.165) is 36.6 Å². The molecule has 5 heteroatoms. The minimum absolute atomic E-state index is 0.591. The lowest BCUT2D eigenvalue weighted by Crippen LogP contribution is -2.00. The third-order valence-corrected chi connectivity index (χ3v) is 5.86. The Bertz CT molecular complexity index is 714. The second-order valence-electron chi connectivity index (χ2n) is 8.74. The second-order valence-corrected chi connectivity index (χ2v) is 8.74. The molecule has 0 atom stereocenters. The van der Waals surface area contributed by atoms with Crippen molar-refractivity contribution < 1.29 is 9.47 Å². The number of nitrogens with zero attached hydrogens (tertiary/aromatic N) is 3. The largest absolute Gasteiger partial charge is 0.478 e. The highest BCUT2D eigenvalue weighted by molar-refractivity contribution is 5.57. The third kappa shape index (κ3) is 9.67. The quantitative estimate of drug-likeness (QED) is 0.255. The SMILES string of the molecule is CCCCCCCCOc1ccc(-c2cnc(OCCCCCCC3CC3)cn2)cn1. The standard InChI is InChI=1S/C26H39N3O2/c1-2-3-4-5-7-10-17-30-25-16-15-23(19-28-25)24-20-29-26(21-27-24)31-18-11-8-6-9-12-22-13-14-22/h15-16,19-22H,2-14,17-18H2,1H3. The number of hydrogen-bond acceptors (Lipinski definition) is 5. The molecule has 2 aromatic heterocycles. The summed E-state index contributed by atoms with van der Waals surface area (Å²) in [5.41, 5.74) is 1.73. The van der Waals surface area contributed by atoms with Gasteiger partial charge in [-0.15, -0.1) is 0 Å². The summed E-state index contributed by atoms with van der Waals surface area (Å²) in [5.74, 6) is 2.31. The van der Waals surface area contributed by atoms with E-state index < -0.39 is 0 Å². The van der Waals surface area contributed by atoms with E-state index in [4.69, 9.17) is 9.47 Å². The van der Waals surface area contributed by atoms with Gasteiger partial charge in [-0.1, -0.05) is 77.6 Å². The average Bonchev–Trinajstić information content (AvgIpc) is 3.63. The summed E-state index contributed by atoms with van der Waals surface area (Å²) < 4.78 is 11.5. The minimum atomic E-state index is 0.591. The van der Waals surface area contributed by atoms with Crippen molar-refractivity contribution in [3.63, 3.8) is 0 Å². The van der Waals surface area contributed by atoms with Gasteiger partial charge >= 0.3 is 0 Å². The molecule has 5 nitrogen and oxygen atoms in total. The maximum atomic E-state index is 5.75. The van der Waals surface area contributed by atoms with Gasteiger partial charge in [0.1, 0.15) is 0 Å². The molecule has 170 valence electrons. The van der Waals surface area contributed by atoms with Crippen molar-refractivity contribution in [2.75, 3.05) is 13.2 Å². The Morgan fingerprint density at radius 1 is 0.710 bits per heavy atom. The van der Waals surface area contributed by atoms with Crippen LogP contribution < -0.4 is 9.47 Å². The lowest BCUT2D eigenvalue weighted by Gasteiger charge is -2.07. The van der Waals surface area contributed by atoms with E-state index >= 15 is 0 Å². The molecule has 0 amide bonds. The van der Waals surface area contributed by atoms with E-state index in [-0.39, 0.29) is 0 Å². The minimum Gasteiger partial charge on any atom is -0.478 e. The van der Waals surface area contributed by atoms with Gasteiger partial charge in [-0.2, -0.15) is 0 Å². The van der Waals surface area contributed by atoms with E-state index in [1.54, 1.807) is 18.6 Å². The van der Waals surface area contributed by atoms with Crippen LogP contribution in [0, 0.1) is 5.92 Å². The Kier molecular flexibility index (Phi) is 10.6. The van der Waals surface area contributed by atoms with Gasteiger partial charge in [-0.25, -0.2) is 15.0 Å². The first-order valence-electron chi connectivity index (χ1n) is 12.4. The molecule has 0 unspecified atom stereocenters. The fraction of sp³-hybridized carbons (Fsp3) is 0.654. The zero-order valence-corrected chi connectivity index (χ0v) is 19.2. The number of pyridine rings is 1. The van der Waals surface area contributed by atoms with E-state index in [2.05, 4.69) is 21.9 Å². The van der Waals surface area contributed by atoms with Gasteiger partial charge in [0.05, 0.1) is 31.3 Å². The van der Waals surface area contributed by atoms with Crippen molar-refractivity contribution in [1.82, 2.24) is 15.0 Å². The van der Waals surface area contributed by atoms with Gasteiger partial charge in [0, 0.05) is 17.8 Å². The van der Waals surface area contributed by atoms with Crippen LogP contribution in [0.3, 0.4) is 0 Å². The first kappa shape index (κ1) is 23.5. The summed E-state index contributed by atoms with van der Waals surface area (Å²) in [6.45, 7) is 3.68. The summed E-state index contributed by atoms with van der Waals surface area (Å²) >= 11 is 0. The Labute approximate surface area is 188 Å². The molecular weight excluding hydrogens is 386 g/mol. The van der Waals surface area contributed by atoms with E-state index in [0.29, 0.717) is 18.4 Å². The summed E-state index contributed by atoms with van der Waals surface area (Å²) in [6, 6.07) is 3.89. The van der Waals surface area contributed by atoms with Gasteiger partial charge < -0.3 is 9.47 Å². The van der Waals surface area contributed by atoms with Gasteiger partial charge in [0.2, 0.25) is 11.8 Å². The number of aromatic nitrogens is 3. The second kappa shape index (κ2) is 14.0. The van der Waals surface area contributed by atoms with Crippen LogP contribution in [0.1, 0.15) is 90.4 Å².